The molecule has 1 unspecified atom stereocenters. The summed E-state index contributed by atoms with van der Waals surface area (Å²) in [4.78, 5) is 30.6. The number of benzene rings is 3. The molecular formula is C26H22N2O4. The van der Waals surface area contributed by atoms with Gasteiger partial charge >= 0.3 is 5.97 Å². The van der Waals surface area contributed by atoms with E-state index in [1.807, 2.05) is 42.5 Å². The summed E-state index contributed by atoms with van der Waals surface area (Å²) in [5.41, 5.74) is 3.20. The van der Waals surface area contributed by atoms with Crippen LogP contribution in [-0.2, 0) is 9.53 Å². The van der Waals surface area contributed by atoms with Crippen LogP contribution in [0.15, 0.2) is 84.9 Å². The van der Waals surface area contributed by atoms with Gasteiger partial charge in [0.15, 0.2) is 6.04 Å². The molecule has 0 saturated heterocycles. The molecule has 6 heteroatoms. The van der Waals surface area contributed by atoms with Crippen molar-refractivity contribution in [1.29, 1.82) is 0 Å². The van der Waals surface area contributed by atoms with Gasteiger partial charge < -0.3 is 14.8 Å². The number of nitrogens with one attached hydrogen (secondary N) is 1. The zero-order chi connectivity index (χ0) is 22.5. The fourth-order valence-electron chi connectivity index (χ4n) is 3.53. The smallest absolute Gasteiger partial charge is 0.333 e. The molecule has 160 valence electrons. The maximum atomic E-state index is 13.5. The highest BCUT2D eigenvalue weighted by molar-refractivity contribution is 6.08. The number of methoxy groups -OCH3 is 2. The van der Waals surface area contributed by atoms with Crippen LogP contribution in [0.4, 0.5) is 0 Å². The van der Waals surface area contributed by atoms with Gasteiger partial charge in [0, 0.05) is 10.9 Å². The van der Waals surface area contributed by atoms with Gasteiger partial charge in [0.05, 0.1) is 31.0 Å². The molecule has 0 saturated carbocycles. The van der Waals surface area contributed by atoms with Gasteiger partial charge in [-0.05, 0) is 29.8 Å². The number of carbonyl (C=O) groups is 2. The molecule has 0 aliphatic carbocycles. The Kier molecular flexibility index (Phi) is 6.12. The van der Waals surface area contributed by atoms with Crippen molar-refractivity contribution in [1.82, 2.24) is 10.3 Å². The molecule has 6 nitrogen and oxygen atoms in total. The third kappa shape index (κ3) is 4.30. The number of pyridine rings is 1. The number of esters is 1. The molecule has 0 aliphatic rings. The van der Waals surface area contributed by atoms with Crippen molar-refractivity contribution in [2.45, 2.75) is 6.04 Å². The first kappa shape index (κ1) is 21.1. The summed E-state index contributed by atoms with van der Waals surface area (Å²) >= 11 is 0. The first-order valence-corrected chi connectivity index (χ1v) is 10.1. The molecule has 32 heavy (non-hydrogen) atoms. The largest absolute Gasteiger partial charge is 0.497 e. The van der Waals surface area contributed by atoms with E-state index in [0.717, 1.165) is 5.56 Å². The molecule has 4 rings (SSSR count). The summed E-state index contributed by atoms with van der Waals surface area (Å²) in [5, 5.41) is 3.45. The van der Waals surface area contributed by atoms with E-state index in [4.69, 9.17) is 14.5 Å². The number of rotatable bonds is 6. The summed E-state index contributed by atoms with van der Waals surface area (Å²) in [6.45, 7) is 0. The average molecular weight is 426 g/mol. The van der Waals surface area contributed by atoms with Gasteiger partial charge in [-0.1, -0.05) is 60.7 Å². The summed E-state index contributed by atoms with van der Waals surface area (Å²) in [6, 6.07) is 24.8. The highest BCUT2D eigenvalue weighted by Crippen LogP contribution is 2.28. The van der Waals surface area contributed by atoms with Crippen LogP contribution in [0.25, 0.3) is 22.2 Å². The van der Waals surface area contributed by atoms with E-state index < -0.39 is 17.9 Å². The van der Waals surface area contributed by atoms with Crippen molar-refractivity contribution in [2.24, 2.45) is 0 Å². The molecule has 0 radical (unpaired) electrons. The van der Waals surface area contributed by atoms with Crippen LogP contribution in [0, 0.1) is 0 Å². The van der Waals surface area contributed by atoms with Crippen LogP contribution in [0.1, 0.15) is 22.0 Å². The van der Waals surface area contributed by atoms with E-state index in [0.29, 0.717) is 33.5 Å². The molecule has 1 heterocycles. The normalized spacial score (nSPS) is 11.6. The molecule has 0 aliphatic heterocycles. The minimum Gasteiger partial charge on any atom is -0.497 e. The molecular weight excluding hydrogens is 404 g/mol. The first-order chi connectivity index (χ1) is 15.6. The van der Waals surface area contributed by atoms with E-state index in [9.17, 15) is 9.59 Å². The highest BCUT2D eigenvalue weighted by atomic mass is 16.5. The lowest BCUT2D eigenvalue weighted by Gasteiger charge is -2.18. The van der Waals surface area contributed by atoms with Gasteiger partial charge in [-0.3, -0.25) is 4.79 Å². The zero-order valence-corrected chi connectivity index (χ0v) is 17.7. The van der Waals surface area contributed by atoms with Crippen LogP contribution in [0.2, 0.25) is 0 Å². The van der Waals surface area contributed by atoms with Crippen molar-refractivity contribution in [2.75, 3.05) is 14.2 Å². The minimum atomic E-state index is -0.942. The zero-order valence-electron chi connectivity index (χ0n) is 17.7. The Balaban J connectivity index is 1.82. The molecule has 3 aromatic carbocycles. The number of ether oxygens (including phenoxy) is 2. The number of hydrogen-bond acceptors (Lipinski definition) is 5. The predicted molar refractivity (Wildman–Crippen MR) is 122 cm³/mol. The Morgan fingerprint density at radius 1 is 0.875 bits per heavy atom. The quantitative estimate of drug-likeness (QED) is 0.458. The Hall–Kier alpha value is -4.19. The van der Waals surface area contributed by atoms with Crippen LogP contribution >= 0.6 is 0 Å². The summed E-state index contributed by atoms with van der Waals surface area (Å²) in [7, 11) is 2.86. The summed E-state index contributed by atoms with van der Waals surface area (Å²) < 4.78 is 10.3. The lowest BCUT2D eigenvalue weighted by atomic mass is 10.0. The number of fused-ring (bicyclic) bond motifs is 1. The third-order valence-electron chi connectivity index (χ3n) is 5.18. The van der Waals surface area contributed by atoms with Crippen molar-refractivity contribution in [3.63, 3.8) is 0 Å². The average Bonchev–Trinajstić information content (AvgIpc) is 2.86. The SMILES string of the molecule is COC(=O)C(NC(=O)c1cc(-c2ccccc2)nc2ccc(OC)cc12)c1ccccc1. The second-order valence-electron chi connectivity index (χ2n) is 7.14. The fourth-order valence-corrected chi connectivity index (χ4v) is 3.53. The summed E-state index contributed by atoms with van der Waals surface area (Å²) in [6.07, 6.45) is 0. The van der Waals surface area contributed by atoms with E-state index in [2.05, 4.69) is 5.32 Å². The van der Waals surface area contributed by atoms with Gasteiger partial charge in [0.2, 0.25) is 0 Å². The van der Waals surface area contributed by atoms with Crippen molar-refractivity contribution >= 4 is 22.8 Å². The highest BCUT2D eigenvalue weighted by Gasteiger charge is 2.25. The van der Waals surface area contributed by atoms with Crippen LogP contribution < -0.4 is 10.1 Å². The molecule has 0 spiro atoms. The van der Waals surface area contributed by atoms with Crippen LogP contribution in [-0.4, -0.2) is 31.1 Å². The fraction of sp³-hybridized carbons (Fsp3) is 0.115. The Morgan fingerprint density at radius 3 is 2.22 bits per heavy atom. The molecule has 1 amide bonds. The number of carbonyl (C=O) groups excluding carboxylic acids is 2. The standard InChI is InChI=1S/C26H22N2O4/c1-31-19-13-14-22-20(15-19)21(16-23(27-22)17-9-5-3-6-10-17)25(29)28-24(26(30)32-2)18-11-7-4-8-12-18/h3-16,24H,1-2H3,(H,28,29). The van der Waals surface area contributed by atoms with E-state index in [1.165, 1.54) is 7.11 Å². The maximum absolute atomic E-state index is 13.5. The molecule has 0 bridgehead atoms. The number of aromatic nitrogens is 1. The Labute approximate surface area is 185 Å². The molecule has 1 atom stereocenters. The second-order valence-corrected chi connectivity index (χ2v) is 7.14. The molecule has 1 aromatic heterocycles. The number of amides is 1. The predicted octanol–water partition coefficient (Wildman–Crippen LogP) is 4.55. The lowest BCUT2D eigenvalue weighted by molar-refractivity contribution is -0.143. The van der Waals surface area contributed by atoms with E-state index >= 15 is 0 Å². The van der Waals surface area contributed by atoms with Gasteiger partial charge in [-0.15, -0.1) is 0 Å². The topological polar surface area (TPSA) is 77.5 Å². The van der Waals surface area contributed by atoms with Gasteiger partial charge in [-0.2, -0.15) is 0 Å². The maximum Gasteiger partial charge on any atom is 0.333 e. The molecule has 1 N–H and O–H groups in total. The van der Waals surface area contributed by atoms with Crippen LogP contribution in [0.5, 0.6) is 5.75 Å². The van der Waals surface area contributed by atoms with Gasteiger partial charge in [0.1, 0.15) is 5.75 Å². The van der Waals surface area contributed by atoms with Crippen molar-refractivity contribution in [3.8, 4) is 17.0 Å². The lowest BCUT2D eigenvalue weighted by Crippen LogP contribution is -2.34. The second kappa shape index (κ2) is 9.31. The van der Waals surface area contributed by atoms with Crippen molar-refractivity contribution in [3.05, 3.63) is 96.1 Å². The van der Waals surface area contributed by atoms with E-state index in [-0.39, 0.29) is 0 Å². The number of nitrogens with zero attached hydrogens (tertiary/aromatic N) is 1. The number of hydrogen-bond donors (Lipinski definition) is 1. The summed E-state index contributed by atoms with van der Waals surface area (Å²) in [5.74, 6) is -0.362. The van der Waals surface area contributed by atoms with Gasteiger partial charge in [-0.25, -0.2) is 9.78 Å². The third-order valence-corrected chi connectivity index (χ3v) is 5.18. The van der Waals surface area contributed by atoms with Crippen molar-refractivity contribution < 1.29 is 19.1 Å². The molecule has 4 aromatic rings. The van der Waals surface area contributed by atoms with Crippen LogP contribution in [0.3, 0.4) is 0 Å². The van der Waals surface area contributed by atoms with E-state index in [1.54, 1.807) is 49.6 Å². The van der Waals surface area contributed by atoms with Gasteiger partial charge in [0.25, 0.3) is 5.91 Å². The Morgan fingerprint density at radius 2 is 1.56 bits per heavy atom. The Bertz CT molecular complexity index is 1260. The monoisotopic (exact) mass is 426 g/mol. The first-order valence-electron chi connectivity index (χ1n) is 10.1. The minimum absolute atomic E-state index is 0.387. The molecule has 0 fully saturated rings.